The highest BCUT2D eigenvalue weighted by atomic mass is 19.1. The van der Waals surface area contributed by atoms with E-state index < -0.39 is 17.6 Å². The van der Waals surface area contributed by atoms with Crippen LogP contribution in [0.15, 0.2) is 18.2 Å². The lowest BCUT2D eigenvalue weighted by Crippen LogP contribution is -2.42. The van der Waals surface area contributed by atoms with Crippen LogP contribution in [-0.2, 0) is 9.59 Å². The van der Waals surface area contributed by atoms with Gasteiger partial charge in [-0.3, -0.25) is 9.59 Å². The number of anilines is 1. The zero-order valence-corrected chi connectivity index (χ0v) is 11.6. The monoisotopic (exact) mass is 282 g/mol. The molecule has 0 heterocycles. The number of hydrogen-bond donors (Lipinski definition) is 3. The minimum Gasteiger partial charge on any atom is -0.396 e. The smallest absolute Gasteiger partial charge is 0.313 e. The van der Waals surface area contributed by atoms with Crippen LogP contribution < -0.4 is 10.6 Å². The van der Waals surface area contributed by atoms with E-state index >= 15 is 0 Å². The third-order valence-electron chi connectivity index (χ3n) is 2.95. The summed E-state index contributed by atoms with van der Waals surface area (Å²) in [5.41, 5.74) is 0.926. The highest BCUT2D eigenvalue weighted by Crippen LogP contribution is 2.15. The van der Waals surface area contributed by atoms with Crippen molar-refractivity contribution in [2.24, 2.45) is 0 Å². The Labute approximate surface area is 117 Å². The van der Waals surface area contributed by atoms with Gasteiger partial charge in [-0.2, -0.15) is 0 Å². The quantitative estimate of drug-likeness (QED) is 0.713. The predicted octanol–water partition coefficient (Wildman–Crippen LogP) is 1.35. The molecule has 0 radical (unpaired) electrons. The van der Waals surface area contributed by atoms with Crippen LogP contribution >= 0.6 is 0 Å². The zero-order valence-electron chi connectivity index (χ0n) is 11.6. The number of rotatable bonds is 5. The first kappa shape index (κ1) is 16.1. The van der Waals surface area contributed by atoms with E-state index in [-0.39, 0.29) is 12.6 Å². The molecule has 110 valence electrons. The molecule has 6 heteroatoms. The average molecular weight is 282 g/mol. The van der Waals surface area contributed by atoms with Crippen LogP contribution in [0.4, 0.5) is 10.1 Å². The molecule has 0 bridgehead atoms. The molecule has 5 nitrogen and oxygen atoms in total. The molecule has 1 unspecified atom stereocenters. The molecular formula is C14H19FN2O3. The van der Waals surface area contributed by atoms with E-state index in [1.54, 1.807) is 6.92 Å². The molecular weight excluding hydrogens is 263 g/mol. The van der Waals surface area contributed by atoms with Crippen LogP contribution in [0.1, 0.15) is 25.3 Å². The maximum Gasteiger partial charge on any atom is 0.313 e. The normalized spacial score (nSPS) is 11.8. The second kappa shape index (κ2) is 7.59. The Bertz CT molecular complexity index is 491. The average Bonchev–Trinajstić information content (AvgIpc) is 2.41. The molecule has 20 heavy (non-hydrogen) atoms. The Kier molecular flexibility index (Phi) is 6.11. The summed E-state index contributed by atoms with van der Waals surface area (Å²) in [6.45, 7) is 3.43. The topological polar surface area (TPSA) is 78.4 Å². The van der Waals surface area contributed by atoms with Gasteiger partial charge in [0.2, 0.25) is 0 Å². The summed E-state index contributed by atoms with van der Waals surface area (Å²) in [6.07, 6.45) is 1.01. The Morgan fingerprint density at radius 2 is 2.05 bits per heavy atom. The fraction of sp³-hybridized carbons (Fsp3) is 0.429. The van der Waals surface area contributed by atoms with E-state index in [4.69, 9.17) is 5.11 Å². The van der Waals surface area contributed by atoms with Gasteiger partial charge in [-0.05, 0) is 43.5 Å². The number of halogens is 1. The fourth-order valence-electron chi connectivity index (χ4n) is 1.73. The molecule has 0 saturated heterocycles. The van der Waals surface area contributed by atoms with Gasteiger partial charge in [0.1, 0.15) is 5.82 Å². The molecule has 1 aromatic rings. The minimum atomic E-state index is -0.809. The zero-order chi connectivity index (χ0) is 15.1. The van der Waals surface area contributed by atoms with Gasteiger partial charge >= 0.3 is 11.8 Å². The van der Waals surface area contributed by atoms with E-state index in [0.717, 1.165) is 0 Å². The molecule has 0 spiro atoms. The molecule has 0 aliphatic heterocycles. The maximum absolute atomic E-state index is 12.9. The van der Waals surface area contributed by atoms with Gasteiger partial charge < -0.3 is 15.7 Å². The van der Waals surface area contributed by atoms with Gasteiger partial charge in [0, 0.05) is 18.3 Å². The molecule has 1 atom stereocenters. The van der Waals surface area contributed by atoms with Crippen molar-refractivity contribution >= 4 is 17.5 Å². The number of nitrogens with one attached hydrogen (secondary N) is 2. The van der Waals surface area contributed by atoms with Crippen molar-refractivity contribution in [3.63, 3.8) is 0 Å². The first-order chi connectivity index (χ1) is 9.47. The van der Waals surface area contributed by atoms with E-state index in [2.05, 4.69) is 10.6 Å². The van der Waals surface area contributed by atoms with Crippen LogP contribution in [0.2, 0.25) is 0 Å². The second-order valence-electron chi connectivity index (χ2n) is 4.50. The summed E-state index contributed by atoms with van der Waals surface area (Å²) in [4.78, 5) is 23.4. The van der Waals surface area contributed by atoms with Crippen molar-refractivity contribution in [3.8, 4) is 0 Å². The largest absolute Gasteiger partial charge is 0.396 e. The number of hydrogen-bond acceptors (Lipinski definition) is 3. The molecule has 0 aliphatic rings. The fourth-order valence-corrected chi connectivity index (χ4v) is 1.73. The van der Waals surface area contributed by atoms with Gasteiger partial charge in [0.25, 0.3) is 0 Å². The Morgan fingerprint density at radius 3 is 2.60 bits per heavy atom. The van der Waals surface area contributed by atoms with Crippen LogP contribution in [-0.4, -0.2) is 29.6 Å². The van der Waals surface area contributed by atoms with E-state index in [9.17, 15) is 14.0 Å². The van der Waals surface area contributed by atoms with E-state index in [1.807, 2.05) is 6.92 Å². The molecule has 0 aliphatic carbocycles. The van der Waals surface area contributed by atoms with Crippen molar-refractivity contribution in [1.29, 1.82) is 0 Å². The molecule has 1 aromatic carbocycles. The lowest BCUT2D eigenvalue weighted by Gasteiger charge is -2.15. The molecule has 1 rings (SSSR count). The standard InChI is InChI=1S/C14H19FN2O3/c1-3-11(6-7-18)16-13(19)14(20)17-12-5-4-10(15)8-9(12)2/h4-5,8,11,18H,3,6-7H2,1-2H3,(H,16,19)(H,17,20). The summed E-state index contributed by atoms with van der Waals surface area (Å²) in [5.74, 6) is -1.98. The Hall–Kier alpha value is -1.95. The van der Waals surface area contributed by atoms with Crippen molar-refractivity contribution in [2.75, 3.05) is 11.9 Å². The molecule has 2 amide bonds. The minimum absolute atomic E-state index is 0.0581. The summed E-state index contributed by atoms with van der Waals surface area (Å²) < 4.78 is 12.9. The lowest BCUT2D eigenvalue weighted by atomic mass is 10.1. The number of carbonyl (C=O) groups is 2. The summed E-state index contributed by atoms with van der Waals surface area (Å²) in [6, 6.07) is 3.64. The number of amides is 2. The summed E-state index contributed by atoms with van der Waals surface area (Å²) >= 11 is 0. The number of aliphatic hydroxyl groups is 1. The van der Waals surface area contributed by atoms with Crippen LogP contribution in [0, 0.1) is 12.7 Å². The molecule has 0 aromatic heterocycles. The highest BCUT2D eigenvalue weighted by molar-refractivity contribution is 6.39. The Balaban J connectivity index is 2.63. The maximum atomic E-state index is 12.9. The van der Waals surface area contributed by atoms with Crippen LogP contribution in [0.5, 0.6) is 0 Å². The predicted molar refractivity (Wildman–Crippen MR) is 73.7 cm³/mol. The number of benzene rings is 1. The van der Waals surface area contributed by atoms with Crippen molar-refractivity contribution in [2.45, 2.75) is 32.7 Å². The van der Waals surface area contributed by atoms with Crippen LogP contribution in [0.25, 0.3) is 0 Å². The lowest BCUT2D eigenvalue weighted by molar-refractivity contribution is -0.136. The molecule has 0 fully saturated rings. The Morgan fingerprint density at radius 1 is 1.35 bits per heavy atom. The third kappa shape index (κ3) is 4.62. The molecule has 3 N–H and O–H groups in total. The highest BCUT2D eigenvalue weighted by Gasteiger charge is 2.18. The third-order valence-corrected chi connectivity index (χ3v) is 2.95. The van der Waals surface area contributed by atoms with Crippen molar-refractivity contribution in [1.82, 2.24) is 5.32 Å². The van der Waals surface area contributed by atoms with Crippen LogP contribution in [0.3, 0.4) is 0 Å². The number of aryl methyl sites for hydroxylation is 1. The van der Waals surface area contributed by atoms with Gasteiger partial charge in [-0.25, -0.2) is 4.39 Å². The van der Waals surface area contributed by atoms with Gasteiger partial charge in [0.05, 0.1) is 0 Å². The SMILES string of the molecule is CCC(CCO)NC(=O)C(=O)Nc1ccc(F)cc1C. The first-order valence-corrected chi connectivity index (χ1v) is 6.46. The van der Waals surface area contributed by atoms with E-state index in [1.165, 1.54) is 18.2 Å². The second-order valence-corrected chi connectivity index (χ2v) is 4.50. The number of aliphatic hydroxyl groups excluding tert-OH is 1. The first-order valence-electron chi connectivity index (χ1n) is 6.46. The van der Waals surface area contributed by atoms with Gasteiger partial charge in [-0.15, -0.1) is 0 Å². The van der Waals surface area contributed by atoms with Crippen molar-refractivity contribution < 1.29 is 19.1 Å². The number of carbonyl (C=O) groups excluding carboxylic acids is 2. The van der Waals surface area contributed by atoms with Gasteiger partial charge in [-0.1, -0.05) is 6.92 Å². The van der Waals surface area contributed by atoms with Gasteiger partial charge in [0.15, 0.2) is 0 Å². The van der Waals surface area contributed by atoms with E-state index in [0.29, 0.717) is 24.1 Å². The molecule has 0 saturated carbocycles. The summed E-state index contributed by atoms with van der Waals surface area (Å²) in [5, 5.41) is 13.8. The summed E-state index contributed by atoms with van der Waals surface area (Å²) in [7, 11) is 0. The van der Waals surface area contributed by atoms with Crippen molar-refractivity contribution in [3.05, 3.63) is 29.6 Å².